The Kier molecular flexibility index (Phi) is 4.52. The fourth-order valence-electron chi connectivity index (χ4n) is 3.08. The summed E-state index contributed by atoms with van der Waals surface area (Å²) in [4.78, 5) is 7.52. The van der Waals surface area contributed by atoms with Gasteiger partial charge in [-0.1, -0.05) is 30.3 Å². The van der Waals surface area contributed by atoms with Crippen molar-refractivity contribution in [3.63, 3.8) is 0 Å². The molecule has 0 spiro atoms. The number of hydrogen-bond donors (Lipinski definition) is 0. The maximum absolute atomic E-state index is 9.67. The second kappa shape index (κ2) is 6.93. The first kappa shape index (κ1) is 17.0. The van der Waals surface area contributed by atoms with Crippen LogP contribution in [0.15, 0.2) is 42.6 Å². The molecule has 0 aliphatic carbocycles. The predicted molar refractivity (Wildman–Crippen MR) is 98.4 cm³/mol. The molecule has 124 valence electrons. The van der Waals surface area contributed by atoms with E-state index in [4.69, 9.17) is 11.8 Å². The first-order valence-corrected chi connectivity index (χ1v) is 8.01. The van der Waals surface area contributed by atoms with E-state index in [0.717, 1.165) is 28.1 Å². The number of nitrogens with zero attached hydrogens (tertiary/aromatic N) is 5. The molecule has 0 bridgehead atoms. The van der Waals surface area contributed by atoms with Crippen molar-refractivity contribution in [3.05, 3.63) is 82.2 Å². The molecule has 0 saturated carbocycles. The van der Waals surface area contributed by atoms with Gasteiger partial charge < -0.3 is 4.57 Å². The molecule has 0 amide bonds. The van der Waals surface area contributed by atoms with Crippen LogP contribution in [0.5, 0.6) is 0 Å². The van der Waals surface area contributed by atoms with E-state index in [1.165, 1.54) is 0 Å². The lowest BCUT2D eigenvalue weighted by Gasteiger charge is -2.10. The second-order valence-corrected chi connectivity index (χ2v) is 5.94. The van der Waals surface area contributed by atoms with E-state index in [0.29, 0.717) is 23.5 Å². The third kappa shape index (κ3) is 2.93. The van der Waals surface area contributed by atoms with Crippen molar-refractivity contribution >= 4 is 5.69 Å². The highest BCUT2D eigenvalue weighted by molar-refractivity contribution is 5.76. The van der Waals surface area contributed by atoms with Crippen LogP contribution in [0.1, 0.15) is 28.2 Å². The molecule has 26 heavy (non-hydrogen) atoms. The highest BCUT2D eigenvalue weighted by Gasteiger charge is 2.19. The minimum absolute atomic E-state index is 0.382. The quantitative estimate of drug-likeness (QED) is 0.660. The summed E-state index contributed by atoms with van der Waals surface area (Å²) < 4.78 is 2.08. The second-order valence-electron chi connectivity index (χ2n) is 5.94. The van der Waals surface area contributed by atoms with Crippen LogP contribution in [-0.4, -0.2) is 9.55 Å². The van der Waals surface area contributed by atoms with E-state index in [1.54, 1.807) is 24.4 Å². The number of pyridine rings is 1. The Labute approximate surface area is 152 Å². The highest BCUT2D eigenvalue weighted by atomic mass is 15.0. The summed E-state index contributed by atoms with van der Waals surface area (Å²) in [5.41, 5.74) is 6.24. The van der Waals surface area contributed by atoms with Crippen LogP contribution in [0.3, 0.4) is 0 Å². The monoisotopic (exact) mass is 337 g/mol. The SMILES string of the molecule is [C-]#[N+]c1ccc(-c2c(C#N)c(C)n(Cc3ccc(C#N)nc3)c2C)cc1. The Bertz CT molecular complexity index is 1080. The Morgan fingerprint density at radius 2 is 1.77 bits per heavy atom. The van der Waals surface area contributed by atoms with Gasteiger partial charge in [0.2, 0.25) is 0 Å². The first-order valence-electron chi connectivity index (χ1n) is 8.01. The van der Waals surface area contributed by atoms with Crippen molar-refractivity contribution in [1.29, 1.82) is 10.5 Å². The number of aromatic nitrogens is 2. The maximum Gasteiger partial charge on any atom is 0.187 e. The third-order valence-electron chi connectivity index (χ3n) is 4.46. The Morgan fingerprint density at radius 3 is 2.31 bits per heavy atom. The summed E-state index contributed by atoms with van der Waals surface area (Å²) in [5.74, 6) is 0. The van der Waals surface area contributed by atoms with Crippen LogP contribution >= 0.6 is 0 Å². The Morgan fingerprint density at radius 1 is 1.04 bits per heavy atom. The molecule has 5 nitrogen and oxygen atoms in total. The van der Waals surface area contributed by atoms with E-state index in [2.05, 4.69) is 20.5 Å². The van der Waals surface area contributed by atoms with Gasteiger partial charge in [-0.15, -0.1) is 0 Å². The van der Waals surface area contributed by atoms with E-state index in [1.807, 2.05) is 38.1 Å². The van der Waals surface area contributed by atoms with Gasteiger partial charge in [-0.05, 0) is 31.0 Å². The van der Waals surface area contributed by atoms with Crippen molar-refractivity contribution in [2.24, 2.45) is 0 Å². The van der Waals surface area contributed by atoms with Crippen LogP contribution in [-0.2, 0) is 6.54 Å². The van der Waals surface area contributed by atoms with Gasteiger partial charge in [0, 0.05) is 29.7 Å². The summed E-state index contributed by atoms with van der Waals surface area (Å²) in [6, 6.07) is 15.2. The van der Waals surface area contributed by atoms with Crippen molar-refractivity contribution in [1.82, 2.24) is 9.55 Å². The lowest BCUT2D eigenvalue weighted by Crippen LogP contribution is -2.04. The molecule has 3 rings (SSSR count). The maximum atomic E-state index is 9.67. The summed E-state index contributed by atoms with van der Waals surface area (Å²) in [7, 11) is 0. The minimum Gasteiger partial charge on any atom is -0.343 e. The van der Waals surface area contributed by atoms with Crippen LogP contribution in [0.2, 0.25) is 0 Å². The van der Waals surface area contributed by atoms with Crippen LogP contribution < -0.4 is 0 Å². The zero-order valence-corrected chi connectivity index (χ0v) is 14.5. The highest BCUT2D eigenvalue weighted by Crippen LogP contribution is 2.33. The molecule has 0 atom stereocenters. The fourth-order valence-corrected chi connectivity index (χ4v) is 3.08. The van der Waals surface area contributed by atoms with Gasteiger partial charge in [0.15, 0.2) is 5.69 Å². The predicted octanol–water partition coefficient (Wildman–Crippen LogP) is 4.51. The first-order chi connectivity index (χ1) is 12.6. The van der Waals surface area contributed by atoms with Crippen LogP contribution in [0.25, 0.3) is 16.0 Å². The van der Waals surface area contributed by atoms with Crippen molar-refractivity contribution in [2.45, 2.75) is 20.4 Å². The molecule has 2 heterocycles. The van der Waals surface area contributed by atoms with E-state index in [-0.39, 0.29) is 0 Å². The van der Waals surface area contributed by atoms with Crippen molar-refractivity contribution in [2.75, 3.05) is 0 Å². The molecule has 3 aromatic rings. The number of hydrogen-bond acceptors (Lipinski definition) is 3. The molecular weight excluding hydrogens is 322 g/mol. The normalized spacial score (nSPS) is 9.96. The minimum atomic E-state index is 0.382. The van der Waals surface area contributed by atoms with Crippen molar-refractivity contribution in [3.8, 4) is 23.3 Å². The topological polar surface area (TPSA) is 69.8 Å². The van der Waals surface area contributed by atoms with Gasteiger partial charge in [-0.3, -0.25) is 0 Å². The molecule has 2 aromatic heterocycles. The standard InChI is InChI=1S/C21H15N5/c1-14-20(11-23)21(17-5-8-18(24-3)9-6-17)15(2)26(14)13-16-4-7-19(10-22)25-12-16/h4-9,12H,13H2,1-2H3. The van der Waals surface area contributed by atoms with E-state index in [9.17, 15) is 5.26 Å². The molecule has 5 heteroatoms. The van der Waals surface area contributed by atoms with Gasteiger partial charge in [0.1, 0.15) is 17.8 Å². The molecular formula is C21H15N5. The molecule has 0 N–H and O–H groups in total. The molecule has 0 radical (unpaired) electrons. The molecule has 0 aliphatic heterocycles. The summed E-state index contributed by atoms with van der Waals surface area (Å²) in [6.07, 6.45) is 1.69. The molecule has 0 fully saturated rings. The number of benzene rings is 1. The van der Waals surface area contributed by atoms with Gasteiger partial charge >= 0.3 is 0 Å². The Hall–Kier alpha value is -3.88. The number of nitriles is 2. The molecule has 1 aromatic carbocycles. The van der Waals surface area contributed by atoms with Gasteiger partial charge in [0.05, 0.1) is 12.1 Å². The van der Waals surface area contributed by atoms with Gasteiger partial charge in [-0.2, -0.15) is 10.5 Å². The van der Waals surface area contributed by atoms with Crippen molar-refractivity contribution < 1.29 is 0 Å². The summed E-state index contributed by atoms with van der Waals surface area (Å²) in [5, 5.41) is 18.5. The molecule has 0 saturated heterocycles. The Balaban J connectivity index is 2.07. The lowest BCUT2D eigenvalue weighted by atomic mass is 10.0. The lowest BCUT2D eigenvalue weighted by molar-refractivity contribution is 0.746. The zero-order chi connectivity index (χ0) is 18.7. The fraction of sp³-hybridized carbons (Fsp3) is 0.143. The van der Waals surface area contributed by atoms with Gasteiger partial charge in [0.25, 0.3) is 0 Å². The largest absolute Gasteiger partial charge is 0.343 e. The number of rotatable bonds is 3. The molecule has 0 unspecified atom stereocenters. The average Bonchev–Trinajstić information content (AvgIpc) is 2.92. The van der Waals surface area contributed by atoms with Crippen LogP contribution in [0.4, 0.5) is 5.69 Å². The van der Waals surface area contributed by atoms with E-state index < -0.39 is 0 Å². The van der Waals surface area contributed by atoms with Crippen LogP contribution in [0, 0.1) is 43.1 Å². The summed E-state index contributed by atoms with van der Waals surface area (Å²) in [6.45, 7) is 11.6. The average molecular weight is 337 g/mol. The summed E-state index contributed by atoms with van der Waals surface area (Å²) >= 11 is 0. The smallest absolute Gasteiger partial charge is 0.187 e. The third-order valence-corrected chi connectivity index (χ3v) is 4.46. The van der Waals surface area contributed by atoms with E-state index >= 15 is 0 Å². The van der Waals surface area contributed by atoms with Gasteiger partial charge in [-0.25, -0.2) is 9.83 Å². The molecule has 0 aliphatic rings. The zero-order valence-electron chi connectivity index (χ0n) is 14.5.